The minimum Gasteiger partial charge on any atom is -0.493 e. The fourth-order valence-electron chi connectivity index (χ4n) is 3.24. The Bertz CT molecular complexity index is 1020. The van der Waals surface area contributed by atoms with Gasteiger partial charge in [-0.05, 0) is 23.3 Å². The van der Waals surface area contributed by atoms with Crippen molar-refractivity contribution < 1.29 is 33.3 Å². The van der Waals surface area contributed by atoms with Gasteiger partial charge >= 0.3 is 12.2 Å². The zero-order chi connectivity index (χ0) is 25.0. The highest BCUT2D eigenvalue weighted by Crippen LogP contribution is 2.39. The van der Waals surface area contributed by atoms with Gasteiger partial charge < -0.3 is 23.7 Å². The van der Waals surface area contributed by atoms with Gasteiger partial charge in [-0.1, -0.05) is 60.7 Å². The highest BCUT2D eigenvalue weighted by Gasteiger charge is 2.23. The van der Waals surface area contributed by atoms with Crippen molar-refractivity contribution in [2.75, 3.05) is 21.3 Å². The lowest BCUT2D eigenvalue weighted by Crippen LogP contribution is -2.41. The van der Waals surface area contributed by atoms with Crippen LogP contribution >= 0.6 is 0 Å². The molecule has 0 aliphatic heterocycles. The molecule has 0 bridgehead atoms. The lowest BCUT2D eigenvalue weighted by molar-refractivity contribution is 0.122. The highest BCUT2D eigenvalue weighted by atomic mass is 16.6. The number of amides is 2. The monoisotopic (exact) mass is 480 g/mol. The molecule has 0 saturated carbocycles. The van der Waals surface area contributed by atoms with Gasteiger partial charge in [0, 0.05) is 5.56 Å². The molecule has 0 heterocycles. The molecule has 9 nitrogen and oxygen atoms in total. The van der Waals surface area contributed by atoms with Gasteiger partial charge in [0.15, 0.2) is 11.5 Å². The Morgan fingerprint density at radius 1 is 0.686 bits per heavy atom. The summed E-state index contributed by atoms with van der Waals surface area (Å²) in [4.78, 5) is 25.2. The van der Waals surface area contributed by atoms with E-state index in [9.17, 15) is 9.59 Å². The second-order valence-corrected chi connectivity index (χ2v) is 7.30. The topological polar surface area (TPSA) is 104 Å². The molecular formula is C26H28N2O7. The summed E-state index contributed by atoms with van der Waals surface area (Å²) in [5.41, 5.74) is 2.09. The van der Waals surface area contributed by atoms with Gasteiger partial charge in [0.05, 0.1) is 21.3 Å². The molecule has 9 heteroatoms. The summed E-state index contributed by atoms with van der Waals surface area (Å²) in [6.07, 6.45) is -2.50. The van der Waals surface area contributed by atoms with E-state index in [1.54, 1.807) is 12.1 Å². The first kappa shape index (κ1) is 25.2. The van der Waals surface area contributed by atoms with Gasteiger partial charge in [0.25, 0.3) is 0 Å². The van der Waals surface area contributed by atoms with Gasteiger partial charge in [0.1, 0.15) is 19.4 Å². The van der Waals surface area contributed by atoms with Crippen molar-refractivity contribution >= 4 is 12.2 Å². The molecule has 0 fully saturated rings. The van der Waals surface area contributed by atoms with Crippen LogP contribution < -0.4 is 24.8 Å². The van der Waals surface area contributed by atoms with E-state index >= 15 is 0 Å². The van der Waals surface area contributed by atoms with Crippen LogP contribution in [0, 0.1) is 0 Å². The van der Waals surface area contributed by atoms with Crippen LogP contribution in [0.2, 0.25) is 0 Å². The van der Waals surface area contributed by atoms with Gasteiger partial charge in [-0.2, -0.15) is 0 Å². The molecule has 3 rings (SSSR count). The number of alkyl carbamates (subject to hydrolysis) is 2. The highest BCUT2D eigenvalue weighted by molar-refractivity contribution is 5.72. The van der Waals surface area contributed by atoms with E-state index in [2.05, 4.69) is 10.6 Å². The number of hydrogen-bond donors (Lipinski definition) is 2. The first-order chi connectivity index (χ1) is 17.0. The largest absolute Gasteiger partial charge is 0.493 e. The maximum atomic E-state index is 12.6. The molecular weight excluding hydrogens is 452 g/mol. The molecule has 2 amide bonds. The molecule has 184 valence electrons. The zero-order valence-electron chi connectivity index (χ0n) is 19.8. The van der Waals surface area contributed by atoms with E-state index < -0.39 is 18.4 Å². The van der Waals surface area contributed by atoms with Crippen LogP contribution in [-0.4, -0.2) is 33.5 Å². The molecule has 0 radical (unpaired) electrons. The number of ether oxygens (including phenoxy) is 5. The van der Waals surface area contributed by atoms with E-state index in [1.165, 1.54) is 21.3 Å². The standard InChI is InChI=1S/C26H28N2O7/c1-31-21-14-20(15-22(32-2)23(21)33-3)24(27-25(29)34-16-18-10-6-4-7-11-18)28-26(30)35-17-19-12-8-5-9-13-19/h4-15,24H,16-17H2,1-3H3,(H,27,29)(H,28,30). The smallest absolute Gasteiger partial charge is 0.409 e. The molecule has 35 heavy (non-hydrogen) atoms. The predicted octanol–water partition coefficient (Wildman–Crippen LogP) is 4.56. The van der Waals surface area contributed by atoms with Crippen molar-refractivity contribution in [3.8, 4) is 17.2 Å². The van der Waals surface area contributed by atoms with Crippen molar-refractivity contribution in [1.29, 1.82) is 0 Å². The Balaban J connectivity index is 1.77. The lowest BCUT2D eigenvalue weighted by Gasteiger charge is -2.22. The molecule has 0 spiro atoms. The van der Waals surface area contributed by atoms with Crippen LogP contribution in [0.25, 0.3) is 0 Å². The summed E-state index contributed by atoms with van der Waals surface area (Å²) < 4.78 is 26.8. The Labute approximate surface area is 203 Å². The maximum absolute atomic E-state index is 12.6. The van der Waals surface area contributed by atoms with E-state index in [1.807, 2.05) is 60.7 Å². The summed E-state index contributed by atoms with van der Waals surface area (Å²) in [5, 5.41) is 5.30. The Morgan fingerprint density at radius 2 is 1.11 bits per heavy atom. The number of methoxy groups -OCH3 is 3. The van der Waals surface area contributed by atoms with Crippen molar-refractivity contribution in [2.24, 2.45) is 0 Å². The van der Waals surface area contributed by atoms with Gasteiger partial charge in [-0.15, -0.1) is 0 Å². The first-order valence-electron chi connectivity index (χ1n) is 10.8. The second kappa shape index (κ2) is 12.7. The predicted molar refractivity (Wildman–Crippen MR) is 128 cm³/mol. The van der Waals surface area contributed by atoms with Crippen molar-refractivity contribution in [2.45, 2.75) is 19.4 Å². The van der Waals surface area contributed by atoms with Gasteiger partial charge in [0.2, 0.25) is 5.75 Å². The van der Waals surface area contributed by atoms with Crippen LogP contribution in [0.3, 0.4) is 0 Å². The lowest BCUT2D eigenvalue weighted by atomic mass is 10.1. The number of carbonyl (C=O) groups is 2. The third-order valence-electron chi connectivity index (χ3n) is 4.97. The number of benzene rings is 3. The third kappa shape index (κ3) is 7.29. The number of carbonyl (C=O) groups excluding carboxylic acids is 2. The number of nitrogens with one attached hydrogen (secondary N) is 2. The fraction of sp³-hybridized carbons (Fsp3) is 0.231. The first-order valence-corrected chi connectivity index (χ1v) is 10.8. The van der Waals surface area contributed by atoms with Crippen LogP contribution in [-0.2, 0) is 22.7 Å². The van der Waals surface area contributed by atoms with E-state index in [0.717, 1.165) is 11.1 Å². The van der Waals surface area contributed by atoms with Crippen molar-refractivity contribution in [1.82, 2.24) is 10.6 Å². The summed E-state index contributed by atoms with van der Waals surface area (Å²) >= 11 is 0. The quantitative estimate of drug-likeness (QED) is 0.410. The Hall–Kier alpha value is -4.40. The minimum absolute atomic E-state index is 0.0626. The second-order valence-electron chi connectivity index (χ2n) is 7.30. The summed E-state index contributed by atoms with van der Waals surface area (Å²) in [6, 6.07) is 21.7. The average molecular weight is 481 g/mol. The Morgan fingerprint density at radius 3 is 1.49 bits per heavy atom. The molecule has 0 aliphatic carbocycles. The minimum atomic E-state index is -1.02. The Kier molecular flexibility index (Phi) is 9.18. The van der Waals surface area contributed by atoms with E-state index in [-0.39, 0.29) is 13.2 Å². The fourth-order valence-corrected chi connectivity index (χ4v) is 3.24. The average Bonchev–Trinajstić information content (AvgIpc) is 2.90. The van der Waals surface area contributed by atoms with Gasteiger partial charge in [-0.25, -0.2) is 9.59 Å². The van der Waals surface area contributed by atoms with Crippen molar-refractivity contribution in [3.05, 3.63) is 89.5 Å². The molecule has 3 aromatic rings. The van der Waals surface area contributed by atoms with E-state index in [4.69, 9.17) is 23.7 Å². The molecule has 0 atom stereocenters. The van der Waals surface area contributed by atoms with Crippen LogP contribution in [0.5, 0.6) is 17.2 Å². The maximum Gasteiger partial charge on any atom is 0.409 e. The van der Waals surface area contributed by atoms with Crippen molar-refractivity contribution in [3.63, 3.8) is 0 Å². The molecule has 3 aromatic carbocycles. The molecule has 2 N–H and O–H groups in total. The summed E-state index contributed by atoms with van der Waals surface area (Å²) in [5.74, 6) is 1.08. The van der Waals surface area contributed by atoms with E-state index in [0.29, 0.717) is 22.8 Å². The third-order valence-corrected chi connectivity index (χ3v) is 4.97. The molecule has 0 unspecified atom stereocenters. The van der Waals surface area contributed by atoms with Gasteiger partial charge in [-0.3, -0.25) is 10.6 Å². The molecule has 0 saturated heterocycles. The summed E-state index contributed by atoms with van der Waals surface area (Å²) in [6.45, 7) is 0.125. The summed E-state index contributed by atoms with van der Waals surface area (Å²) in [7, 11) is 4.42. The van der Waals surface area contributed by atoms with Crippen LogP contribution in [0.1, 0.15) is 22.9 Å². The SMILES string of the molecule is COc1cc(C(NC(=O)OCc2ccccc2)NC(=O)OCc2ccccc2)cc(OC)c1OC. The number of hydrogen-bond acceptors (Lipinski definition) is 7. The number of rotatable bonds is 10. The van der Waals surface area contributed by atoms with Crippen LogP contribution in [0.15, 0.2) is 72.8 Å². The molecule has 0 aliphatic rings. The molecule has 0 aromatic heterocycles. The van der Waals surface area contributed by atoms with Crippen LogP contribution in [0.4, 0.5) is 9.59 Å². The normalized spacial score (nSPS) is 10.3. The zero-order valence-corrected chi connectivity index (χ0v) is 19.8.